The van der Waals surface area contributed by atoms with Crippen LogP contribution in [-0.2, 0) is 10.1 Å². The van der Waals surface area contributed by atoms with Gasteiger partial charge in [-0.15, -0.1) is 0 Å². The van der Waals surface area contributed by atoms with E-state index in [9.17, 15) is 8.42 Å². The van der Waals surface area contributed by atoms with Crippen LogP contribution < -0.4 is 0 Å². The maximum atomic E-state index is 10.5. The van der Waals surface area contributed by atoms with Crippen molar-refractivity contribution in [2.45, 2.75) is 19.9 Å². The van der Waals surface area contributed by atoms with Crippen LogP contribution in [0.2, 0.25) is 0 Å². The van der Waals surface area contributed by atoms with Gasteiger partial charge in [0, 0.05) is 12.6 Å². The fourth-order valence-corrected chi connectivity index (χ4v) is 1.66. The number of aliphatic hydroxyl groups excluding tert-OH is 1. The maximum absolute atomic E-state index is 10.5. The Bertz CT molecular complexity index is 217. The molecule has 0 amide bonds. The standard InChI is InChI=1S/C6H15NO4S.Na.H/c1-6(2)7(3-4-8)5-12(9,10)11;;/h6,8H,3-5H2,1-2H3,(H,9,10,11);;. The minimum absolute atomic E-state index is 0. The van der Waals surface area contributed by atoms with Gasteiger partial charge >= 0.3 is 29.6 Å². The summed E-state index contributed by atoms with van der Waals surface area (Å²) in [5.74, 6) is -0.425. The van der Waals surface area contributed by atoms with Crippen LogP contribution in [-0.4, -0.2) is 77.6 Å². The summed E-state index contributed by atoms with van der Waals surface area (Å²) in [4.78, 5) is 1.47. The van der Waals surface area contributed by atoms with Gasteiger partial charge in [-0.05, 0) is 13.8 Å². The zero-order valence-corrected chi connectivity index (χ0v) is 8.08. The number of nitrogens with zero attached hydrogens (tertiary/aromatic N) is 1. The first-order valence-corrected chi connectivity index (χ1v) is 5.28. The Morgan fingerprint density at radius 1 is 1.38 bits per heavy atom. The molecular weight excluding hydrogens is 205 g/mol. The first kappa shape index (κ1) is 16.3. The van der Waals surface area contributed by atoms with E-state index in [0.717, 1.165) is 0 Å². The second-order valence-electron chi connectivity index (χ2n) is 2.84. The molecule has 76 valence electrons. The van der Waals surface area contributed by atoms with E-state index in [1.54, 1.807) is 13.8 Å². The Hall–Kier alpha value is 0.830. The van der Waals surface area contributed by atoms with Gasteiger partial charge in [0.25, 0.3) is 10.1 Å². The van der Waals surface area contributed by atoms with Gasteiger partial charge in [0.2, 0.25) is 0 Å². The van der Waals surface area contributed by atoms with Crippen LogP contribution in [0.3, 0.4) is 0 Å². The fraction of sp³-hybridized carbons (Fsp3) is 1.00. The molecule has 0 atom stereocenters. The van der Waals surface area contributed by atoms with Crippen LogP contribution in [0.25, 0.3) is 0 Å². The Labute approximate surface area is 101 Å². The Morgan fingerprint density at radius 3 is 2.08 bits per heavy atom. The van der Waals surface area contributed by atoms with Gasteiger partial charge in [-0.1, -0.05) is 0 Å². The third-order valence-corrected chi connectivity index (χ3v) is 2.10. The molecule has 7 heteroatoms. The monoisotopic (exact) mass is 221 g/mol. The summed E-state index contributed by atoms with van der Waals surface area (Å²) >= 11 is 0. The molecule has 0 bridgehead atoms. The van der Waals surface area contributed by atoms with Gasteiger partial charge in [-0.25, -0.2) is 0 Å². The van der Waals surface area contributed by atoms with E-state index in [-0.39, 0.29) is 48.8 Å². The molecule has 0 aromatic heterocycles. The summed E-state index contributed by atoms with van der Waals surface area (Å²) in [6.07, 6.45) is 0. The van der Waals surface area contributed by atoms with Gasteiger partial charge in [0.1, 0.15) is 5.88 Å². The molecule has 0 saturated heterocycles. The van der Waals surface area contributed by atoms with Crippen molar-refractivity contribution in [1.82, 2.24) is 4.90 Å². The molecule has 13 heavy (non-hydrogen) atoms. The molecule has 0 aliphatic carbocycles. The molecule has 5 nitrogen and oxygen atoms in total. The van der Waals surface area contributed by atoms with Crippen LogP contribution in [0, 0.1) is 0 Å². The topological polar surface area (TPSA) is 77.8 Å². The molecule has 0 heterocycles. The van der Waals surface area contributed by atoms with Crippen molar-refractivity contribution in [3.63, 3.8) is 0 Å². The van der Waals surface area contributed by atoms with Crippen molar-refractivity contribution < 1.29 is 18.1 Å². The van der Waals surface area contributed by atoms with E-state index in [1.165, 1.54) is 4.90 Å². The molecule has 0 aliphatic heterocycles. The first-order chi connectivity index (χ1) is 5.37. The third-order valence-electron chi connectivity index (χ3n) is 1.45. The molecule has 0 saturated carbocycles. The normalized spacial score (nSPS) is 11.8. The molecule has 0 aromatic rings. The molecule has 0 rings (SSSR count). The molecule has 0 unspecified atom stereocenters. The number of aliphatic hydroxyl groups is 1. The van der Waals surface area contributed by atoms with Crippen LogP contribution in [0.1, 0.15) is 13.8 Å². The third kappa shape index (κ3) is 9.14. The molecule has 0 aliphatic rings. The van der Waals surface area contributed by atoms with Crippen molar-refractivity contribution >= 4 is 39.7 Å². The van der Waals surface area contributed by atoms with E-state index in [1.807, 2.05) is 0 Å². The summed E-state index contributed by atoms with van der Waals surface area (Å²) in [5.41, 5.74) is 0. The van der Waals surface area contributed by atoms with Crippen LogP contribution in [0.5, 0.6) is 0 Å². The van der Waals surface area contributed by atoms with Gasteiger partial charge in [0.05, 0.1) is 6.61 Å². The van der Waals surface area contributed by atoms with Gasteiger partial charge < -0.3 is 5.11 Å². The van der Waals surface area contributed by atoms with Crippen LogP contribution in [0.4, 0.5) is 0 Å². The number of hydrogen-bond acceptors (Lipinski definition) is 4. The van der Waals surface area contributed by atoms with Crippen molar-refractivity contribution in [2.24, 2.45) is 0 Å². The van der Waals surface area contributed by atoms with Gasteiger partial charge in [-0.2, -0.15) is 8.42 Å². The number of rotatable bonds is 5. The predicted molar refractivity (Wildman–Crippen MR) is 52.5 cm³/mol. The first-order valence-electron chi connectivity index (χ1n) is 3.67. The Kier molecular flexibility index (Phi) is 8.97. The molecule has 0 fully saturated rings. The second-order valence-corrected chi connectivity index (χ2v) is 4.26. The van der Waals surface area contributed by atoms with Crippen LogP contribution in [0.15, 0.2) is 0 Å². The number of hydrogen-bond donors (Lipinski definition) is 2. The predicted octanol–water partition coefficient (Wildman–Crippen LogP) is -1.11. The van der Waals surface area contributed by atoms with E-state index in [4.69, 9.17) is 9.66 Å². The molecule has 0 aromatic carbocycles. The summed E-state index contributed by atoms with van der Waals surface area (Å²) in [5, 5.41) is 8.56. The summed E-state index contributed by atoms with van der Waals surface area (Å²) in [6.45, 7) is 3.72. The molecule has 0 radical (unpaired) electrons. The summed E-state index contributed by atoms with van der Waals surface area (Å²) in [6, 6.07) is -0.0147. The Balaban J connectivity index is 0. The average molecular weight is 221 g/mol. The zero-order valence-electron chi connectivity index (χ0n) is 7.27. The zero-order chi connectivity index (χ0) is 9.78. The average Bonchev–Trinajstić information content (AvgIpc) is 1.83. The quantitative estimate of drug-likeness (QED) is 0.454. The molecule has 0 spiro atoms. The Morgan fingerprint density at radius 2 is 1.85 bits per heavy atom. The molecular formula is C6H16NNaO4S. The van der Waals surface area contributed by atoms with Crippen molar-refractivity contribution in [3.8, 4) is 0 Å². The summed E-state index contributed by atoms with van der Waals surface area (Å²) < 4.78 is 29.4. The van der Waals surface area contributed by atoms with E-state index in [0.29, 0.717) is 0 Å². The minimum atomic E-state index is -3.98. The van der Waals surface area contributed by atoms with Gasteiger partial charge in [-0.3, -0.25) is 9.45 Å². The molecule has 2 N–H and O–H groups in total. The van der Waals surface area contributed by atoms with Crippen molar-refractivity contribution in [3.05, 3.63) is 0 Å². The SMILES string of the molecule is CC(C)N(CCO)CS(=O)(=O)O.[NaH]. The second kappa shape index (κ2) is 7.17. The fourth-order valence-electron chi connectivity index (χ4n) is 0.810. The van der Waals surface area contributed by atoms with Gasteiger partial charge in [0.15, 0.2) is 0 Å². The van der Waals surface area contributed by atoms with Crippen molar-refractivity contribution in [2.75, 3.05) is 19.0 Å². The van der Waals surface area contributed by atoms with E-state index >= 15 is 0 Å². The summed E-state index contributed by atoms with van der Waals surface area (Å²) in [7, 11) is -3.98. The van der Waals surface area contributed by atoms with Crippen molar-refractivity contribution in [1.29, 1.82) is 0 Å². The van der Waals surface area contributed by atoms with Crippen LogP contribution >= 0.6 is 0 Å². The van der Waals surface area contributed by atoms with E-state index < -0.39 is 16.0 Å². The van der Waals surface area contributed by atoms with E-state index in [2.05, 4.69) is 0 Å².